The van der Waals surface area contributed by atoms with Gasteiger partial charge in [-0.25, -0.2) is 4.98 Å². The molecule has 1 fully saturated rings. The third-order valence-electron chi connectivity index (χ3n) is 6.06. The highest BCUT2D eigenvalue weighted by molar-refractivity contribution is 5.95. The second-order valence-corrected chi connectivity index (χ2v) is 8.39. The molecule has 4 rings (SSSR count). The van der Waals surface area contributed by atoms with E-state index in [1.807, 2.05) is 39.8 Å². The SMILES string of the molecule is CCCN1CCN(C(O)CNC(=O)c2nc3ccccc3n2CC2=CC=CCC=C2)CC1. The number of carbonyl (C=O) groups excluding carboxylic acids is 1. The van der Waals surface area contributed by atoms with E-state index < -0.39 is 6.23 Å². The number of aromatic nitrogens is 2. The van der Waals surface area contributed by atoms with Crippen LogP contribution in [-0.4, -0.2) is 75.9 Å². The molecule has 2 aromatic rings. The minimum absolute atomic E-state index is 0.182. The molecule has 0 saturated carbocycles. The number of nitrogens with zero attached hydrogens (tertiary/aromatic N) is 4. The highest BCUT2D eigenvalue weighted by atomic mass is 16.3. The Bertz CT molecular complexity index is 1010. The van der Waals surface area contributed by atoms with Crippen LogP contribution in [0.5, 0.6) is 0 Å². The number of para-hydroxylation sites is 2. The van der Waals surface area contributed by atoms with Gasteiger partial charge in [-0.15, -0.1) is 0 Å². The molecule has 1 aromatic heterocycles. The largest absolute Gasteiger partial charge is 0.377 e. The summed E-state index contributed by atoms with van der Waals surface area (Å²) in [5.41, 5.74) is 2.83. The molecule has 1 aliphatic heterocycles. The van der Waals surface area contributed by atoms with E-state index in [1.165, 1.54) is 0 Å². The number of aliphatic hydroxyl groups excluding tert-OH is 1. The van der Waals surface area contributed by atoms with Gasteiger partial charge in [-0.3, -0.25) is 9.69 Å². The predicted octanol–water partition coefficient (Wildman–Crippen LogP) is 2.55. The number of fused-ring (bicyclic) bond motifs is 1. The normalized spacial score (nSPS) is 18.5. The molecule has 1 aromatic carbocycles. The molecule has 0 bridgehead atoms. The summed E-state index contributed by atoms with van der Waals surface area (Å²) in [6, 6.07) is 7.79. The van der Waals surface area contributed by atoms with Crippen molar-refractivity contribution in [2.75, 3.05) is 39.3 Å². The maximum atomic E-state index is 13.1. The number of carbonyl (C=O) groups is 1. The van der Waals surface area contributed by atoms with Gasteiger partial charge < -0.3 is 19.9 Å². The number of hydrogen-bond donors (Lipinski definition) is 2. The lowest BCUT2D eigenvalue weighted by molar-refractivity contribution is -0.0229. The molecule has 0 spiro atoms. The van der Waals surface area contributed by atoms with Crippen molar-refractivity contribution in [1.82, 2.24) is 24.7 Å². The first-order valence-electron chi connectivity index (χ1n) is 11.6. The summed E-state index contributed by atoms with van der Waals surface area (Å²) >= 11 is 0. The molecule has 32 heavy (non-hydrogen) atoms. The van der Waals surface area contributed by atoms with Gasteiger partial charge in [0.05, 0.1) is 17.6 Å². The van der Waals surface area contributed by atoms with Crippen molar-refractivity contribution < 1.29 is 9.90 Å². The number of nitrogens with one attached hydrogen (secondary N) is 1. The van der Waals surface area contributed by atoms with Crippen molar-refractivity contribution in [2.45, 2.75) is 32.5 Å². The van der Waals surface area contributed by atoms with Crippen LogP contribution in [0.15, 0.2) is 60.2 Å². The Kier molecular flexibility index (Phi) is 7.52. The third kappa shape index (κ3) is 5.35. The molecule has 7 heteroatoms. The number of benzene rings is 1. The van der Waals surface area contributed by atoms with Crippen LogP contribution in [0.3, 0.4) is 0 Å². The monoisotopic (exact) mass is 435 g/mol. The van der Waals surface area contributed by atoms with Crippen molar-refractivity contribution >= 4 is 16.9 Å². The quantitative estimate of drug-likeness (QED) is 0.667. The number of hydrogen-bond acceptors (Lipinski definition) is 5. The zero-order valence-electron chi connectivity index (χ0n) is 18.8. The maximum Gasteiger partial charge on any atom is 0.287 e. The van der Waals surface area contributed by atoms with Crippen LogP contribution < -0.4 is 5.32 Å². The van der Waals surface area contributed by atoms with E-state index in [1.54, 1.807) is 0 Å². The first-order chi connectivity index (χ1) is 15.7. The lowest BCUT2D eigenvalue weighted by Gasteiger charge is -2.37. The molecule has 1 atom stereocenters. The maximum absolute atomic E-state index is 13.1. The molecule has 2 heterocycles. The molecular weight excluding hydrogens is 402 g/mol. The van der Waals surface area contributed by atoms with Crippen molar-refractivity contribution in [3.05, 3.63) is 66.0 Å². The molecule has 2 aliphatic rings. The molecule has 1 saturated heterocycles. The standard InChI is InChI=1S/C25H33N5O2/c1-2-13-28-14-16-29(17-15-28)23(31)18-26-25(32)24-27-21-11-7-8-12-22(21)30(24)19-20-9-5-3-4-6-10-20/h3,5-12,23,31H,2,4,13-19H2,1H3,(H,26,32). The van der Waals surface area contributed by atoms with Crippen LogP contribution in [0.1, 0.15) is 30.4 Å². The van der Waals surface area contributed by atoms with Crippen LogP contribution >= 0.6 is 0 Å². The minimum Gasteiger partial charge on any atom is -0.377 e. The number of allylic oxidation sites excluding steroid dienone is 6. The van der Waals surface area contributed by atoms with Crippen molar-refractivity contribution in [1.29, 1.82) is 0 Å². The molecule has 0 radical (unpaired) electrons. The number of rotatable bonds is 8. The molecule has 7 nitrogen and oxygen atoms in total. The van der Waals surface area contributed by atoms with Gasteiger partial charge in [-0.2, -0.15) is 0 Å². The average Bonchev–Trinajstić information content (AvgIpc) is 2.98. The number of piperazine rings is 1. The Morgan fingerprint density at radius 2 is 2.00 bits per heavy atom. The number of amides is 1. The van der Waals surface area contributed by atoms with Gasteiger partial charge in [0, 0.05) is 32.7 Å². The van der Waals surface area contributed by atoms with Crippen molar-refractivity contribution in [2.24, 2.45) is 0 Å². The Labute approximate surface area is 189 Å². The van der Waals surface area contributed by atoms with Gasteiger partial charge in [0.15, 0.2) is 5.82 Å². The van der Waals surface area contributed by atoms with E-state index >= 15 is 0 Å². The summed E-state index contributed by atoms with van der Waals surface area (Å²) in [6.45, 7) is 7.54. The topological polar surface area (TPSA) is 73.6 Å². The minimum atomic E-state index is -0.696. The fourth-order valence-electron chi connectivity index (χ4n) is 4.31. The lowest BCUT2D eigenvalue weighted by Crippen LogP contribution is -2.53. The summed E-state index contributed by atoms with van der Waals surface area (Å²) in [5, 5.41) is 13.5. The molecule has 2 N–H and O–H groups in total. The van der Waals surface area contributed by atoms with E-state index in [0.29, 0.717) is 12.4 Å². The van der Waals surface area contributed by atoms with Crippen molar-refractivity contribution in [3.63, 3.8) is 0 Å². The second kappa shape index (κ2) is 10.7. The van der Waals surface area contributed by atoms with Gasteiger partial charge in [0.1, 0.15) is 6.23 Å². The molecule has 1 amide bonds. The predicted molar refractivity (Wildman–Crippen MR) is 127 cm³/mol. The Hall–Kier alpha value is -2.74. The fraction of sp³-hybridized carbons (Fsp3) is 0.440. The molecule has 1 unspecified atom stereocenters. The van der Waals surface area contributed by atoms with E-state index in [9.17, 15) is 9.90 Å². The van der Waals surface area contributed by atoms with Crippen LogP contribution in [0.2, 0.25) is 0 Å². The zero-order chi connectivity index (χ0) is 22.3. The summed E-state index contributed by atoms with van der Waals surface area (Å²) in [5.74, 6) is 0.104. The van der Waals surface area contributed by atoms with Gasteiger partial charge in [0.2, 0.25) is 0 Å². The van der Waals surface area contributed by atoms with E-state index in [2.05, 4.69) is 46.4 Å². The van der Waals surface area contributed by atoms with Gasteiger partial charge in [-0.05, 0) is 37.1 Å². The summed E-state index contributed by atoms with van der Waals surface area (Å²) < 4.78 is 1.95. The first kappa shape index (κ1) is 22.5. The molecule has 1 aliphatic carbocycles. The summed E-state index contributed by atoms with van der Waals surface area (Å²) in [4.78, 5) is 22.1. The highest BCUT2D eigenvalue weighted by Gasteiger charge is 2.24. The van der Waals surface area contributed by atoms with Crippen LogP contribution in [-0.2, 0) is 6.54 Å². The number of aliphatic hydroxyl groups is 1. The van der Waals surface area contributed by atoms with E-state index in [4.69, 9.17) is 0 Å². The van der Waals surface area contributed by atoms with Gasteiger partial charge >= 0.3 is 0 Å². The average molecular weight is 436 g/mol. The summed E-state index contributed by atoms with van der Waals surface area (Å²) in [7, 11) is 0. The van der Waals surface area contributed by atoms with E-state index in [0.717, 1.165) is 62.2 Å². The third-order valence-corrected chi connectivity index (χ3v) is 6.06. The lowest BCUT2D eigenvalue weighted by atomic mass is 10.2. The molecular formula is C25H33N5O2. The van der Waals surface area contributed by atoms with Crippen LogP contribution in [0, 0.1) is 0 Å². The Morgan fingerprint density at radius 3 is 2.81 bits per heavy atom. The molecule has 170 valence electrons. The summed E-state index contributed by atoms with van der Waals surface area (Å²) in [6.07, 6.45) is 11.8. The van der Waals surface area contributed by atoms with Crippen molar-refractivity contribution in [3.8, 4) is 0 Å². The smallest absolute Gasteiger partial charge is 0.287 e. The van der Waals surface area contributed by atoms with Gasteiger partial charge in [-0.1, -0.05) is 49.4 Å². The first-order valence-corrected chi connectivity index (χ1v) is 11.6. The van der Waals surface area contributed by atoms with Gasteiger partial charge in [0.25, 0.3) is 5.91 Å². The van der Waals surface area contributed by atoms with Crippen LogP contribution in [0.4, 0.5) is 0 Å². The van der Waals surface area contributed by atoms with Crippen LogP contribution in [0.25, 0.3) is 11.0 Å². The van der Waals surface area contributed by atoms with E-state index in [-0.39, 0.29) is 12.5 Å². The Morgan fingerprint density at radius 1 is 1.19 bits per heavy atom. The highest BCUT2D eigenvalue weighted by Crippen LogP contribution is 2.19. The second-order valence-electron chi connectivity index (χ2n) is 8.39. The number of imidazole rings is 1. The Balaban J connectivity index is 1.44. The fourth-order valence-corrected chi connectivity index (χ4v) is 4.31. The zero-order valence-corrected chi connectivity index (χ0v) is 18.8.